The van der Waals surface area contributed by atoms with Crippen molar-refractivity contribution in [1.29, 1.82) is 0 Å². The predicted molar refractivity (Wildman–Crippen MR) is 151 cm³/mol. The molecule has 0 radical (unpaired) electrons. The first-order chi connectivity index (χ1) is 18.8. The van der Waals surface area contributed by atoms with Gasteiger partial charge in [0, 0.05) is 55.5 Å². The van der Waals surface area contributed by atoms with Gasteiger partial charge in [0.1, 0.15) is 18.2 Å². The Hall–Kier alpha value is -4.84. The number of hydrogen-bond acceptors (Lipinski definition) is 12. The fourth-order valence-corrected chi connectivity index (χ4v) is 3.56. The van der Waals surface area contributed by atoms with E-state index < -0.39 is 0 Å². The molecule has 0 aliphatic heterocycles. The molecule has 4 aromatic rings. The Bertz CT molecular complexity index is 1330. The molecule has 2 aromatic carbocycles. The maximum absolute atomic E-state index is 5.89. The zero-order chi connectivity index (χ0) is 28.2. The Kier molecular flexibility index (Phi) is 10.5. The van der Waals surface area contributed by atoms with Crippen LogP contribution in [0.15, 0.2) is 55.0 Å². The summed E-state index contributed by atoms with van der Waals surface area (Å²) >= 11 is 0. The SMILES string of the molecule is COCCOc1c(OC)cc(Cc2cnc(N)nc2N)cc1OC.Nc1ccc(Cc2ncccn2)c(N)c1. The van der Waals surface area contributed by atoms with Crippen molar-refractivity contribution in [3.8, 4) is 17.2 Å². The van der Waals surface area contributed by atoms with Crippen LogP contribution in [-0.4, -0.2) is 54.5 Å². The fraction of sp³-hybridized carbons (Fsp3) is 0.259. The lowest BCUT2D eigenvalue weighted by Gasteiger charge is -2.16. The fourth-order valence-electron chi connectivity index (χ4n) is 3.56. The molecule has 0 aliphatic rings. The van der Waals surface area contributed by atoms with Crippen LogP contribution < -0.4 is 37.1 Å². The monoisotopic (exact) mass is 534 g/mol. The summed E-state index contributed by atoms with van der Waals surface area (Å²) in [5.41, 5.74) is 26.9. The third-order valence-corrected chi connectivity index (χ3v) is 5.50. The molecule has 0 bridgehead atoms. The number of nitrogens with two attached hydrogens (primary N) is 4. The third kappa shape index (κ3) is 8.33. The van der Waals surface area contributed by atoms with E-state index in [1.807, 2.05) is 24.3 Å². The van der Waals surface area contributed by atoms with E-state index in [1.165, 1.54) is 0 Å². The summed E-state index contributed by atoms with van der Waals surface area (Å²) in [6.45, 7) is 0.856. The van der Waals surface area contributed by atoms with E-state index >= 15 is 0 Å². The number of nitrogen functional groups attached to an aromatic ring is 4. The summed E-state index contributed by atoms with van der Waals surface area (Å²) in [7, 11) is 4.75. The Morgan fingerprint density at radius 1 is 0.769 bits per heavy atom. The smallest absolute Gasteiger partial charge is 0.221 e. The van der Waals surface area contributed by atoms with E-state index in [0.29, 0.717) is 60.5 Å². The number of aromatic nitrogens is 4. The second kappa shape index (κ2) is 14.2. The van der Waals surface area contributed by atoms with Gasteiger partial charge in [0.2, 0.25) is 11.7 Å². The van der Waals surface area contributed by atoms with Crippen molar-refractivity contribution in [3.05, 3.63) is 77.5 Å². The quantitative estimate of drug-likeness (QED) is 0.172. The molecule has 4 rings (SSSR count). The molecule has 0 amide bonds. The van der Waals surface area contributed by atoms with E-state index in [1.54, 1.807) is 52.1 Å². The van der Waals surface area contributed by atoms with Gasteiger partial charge in [-0.05, 0) is 41.5 Å². The first-order valence-electron chi connectivity index (χ1n) is 12.0. The van der Waals surface area contributed by atoms with E-state index in [4.69, 9.17) is 41.9 Å². The Labute approximate surface area is 227 Å². The van der Waals surface area contributed by atoms with Crippen molar-refractivity contribution in [2.45, 2.75) is 12.8 Å². The van der Waals surface area contributed by atoms with Crippen molar-refractivity contribution < 1.29 is 18.9 Å². The molecule has 0 aliphatic carbocycles. The van der Waals surface area contributed by atoms with Crippen LogP contribution in [0.25, 0.3) is 0 Å². The second-order valence-corrected chi connectivity index (χ2v) is 8.29. The van der Waals surface area contributed by atoms with Crippen LogP contribution in [0.2, 0.25) is 0 Å². The average Bonchev–Trinajstić information content (AvgIpc) is 2.93. The van der Waals surface area contributed by atoms with Gasteiger partial charge in [-0.1, -0.05) is 6.07 Å². The maximum atomic E-state index is 5.89. The van der Waals surface area contributed by atoms with Crippen molar-refractivity contribution >= 4 is 23.1 Å². The molecule has 0 spiro atoms. The van der Waals surface area contributed by atoms with Gasteiger partial charge in [-0.15, -0.1) is 0 Å². The van der Waals surface area contributed by atoms with Gasteiger partial charge >= 0.3 is 0 Å². The van der Waals surface area contributed by atoms with Gasteiger partial charge in [0.05, 0.1) is 20.8 Å². The maximum Gasteiger partial charge on any atom is 0.221 e. The third-order valence-electron chi connectivity index (χ3n) is 5.50. The highest BCUT2D eigenvalue weighted by Crippen LogP contribution is 2.39. The Morgan fingerprint density at radius 3 is 2.05 bits per heavy atom. The first-order valence-corrected chi connectivity index (χ1v) is 12.0. The van der Waals surface area contributed by atoms with Crippen LogP contribution in [-0.2, 0) is 17.6 Å². The van der Waals surface area contributed by atoms with Crippen LogP contribution in [0.3, 0.4) is 0 Å². The Morgan fingerprint density at radius 2 is 1.46 bits per heavy atom. The molecule has 0 fully saturated rings. The summed E-state index contributed by atoms with van der Waals surface area (Å²) in [5.74, 6) is 2.91. The second-order valence-electron chi connectivity index (χ2n) is 8.29. The van der Waals surface area contributed by atoms with E-state index in [9.17, 15) is 0 Å². The molecule has 12 nitrogen and oxygen atoms in total. The van der Waals surface area contributed by atoms with E-state index in [0.717, 1.165) is 22.5 Å². The lowest BCUT2D eigenvalue weighted by atomic mass is 10.1. The van der Waals surface area contributed by atoms with Crippen LogP contribution in [0.1, 0.15) is 22.5 Å². The van der Waals surface area contributed by atoms with Crippen LogP contribution in [0.5, 0.6) is 17.2 Å². The van der Waals surface area contributed by atoms with Gasteiger partial charge in [-0.25, -0.2) is 15.0 Å². The minimum atomic E-state index is 0.147. The number of hydrogen-bond donors (Lipinski definition) is 4. The van der Waals surface area contributed by atoms with Gasteiger partial charge in [0.15, 0.2) is 11.5 Å². The van der Waals surface area contributed by atoms with Crippen molar-refractivity contribution in [2.75, 3.05) is 57.5 Å². The van der Waals surface area contributed by atoms with Gasteiger partial charge in [-0.3, -0.25) is 0 Å². The molecule has 2 heterocycles. The number of ether oxygens (including phenoxy) is 4. The molecule has 12 heteroatoms. The van der Waals surface area contributed by atoms with Crippen molar-refractivity contribution in [1.82, 2.24) is 19.9 Å². The lowest BCUT2D eigenvalue weighted by Crippen LogP contribution is -2.07. The largest absolute Gasteiger partial charge is 0.493 e. The molecule has 8 N–H and O–H groups in total. The van der Waals surface area contributed by atoms with E-state index in [-0.39, 0.29) is 5.95 Å². The normalized spacial score (nSPS) is 10.3. The molecule has 206 valence electrons. The highest BCUT2D eigenvalue weighted by molar-refractivity contribution is 5.57. The van der Waals surface area contributed by atoms with Crippen LogP contribution in [0, 0.1) is 0 Å². The lowest BCUT2D eigenvalue weighted by molar-refractivity contribution is 0.142. The van der Waals surface area contributed by atoms with Crippen molar-refractivity contribution in [3.63, 3.8) is 0 Å². The molecular formula is C27H34N8O4. The molecule has 2 aromatic heterocycles. The molecule has 39 heavy (non-hydrogen) atoms. The van der Waals surface area contributed by atoms with Crippen LogP contribution >= 0.6 is 0 Å². The summed E-state index contributed by atoms with van der Waals surface area (Å²) in [6.07, 6.45) is 6.19. The molecule has 0 saturated carbocycles. The topological polar surface area (TPSA) is 193 Å². The van der Waals surface area contributed by atoms with E-state index in [2.05, 4.69) is 19.9 Å². The summed E-state index contributed by atoms with van der Waals surface area (Å²) in [5, 5.41) is 0. The number of rotatable bonds is 10. The first kappa shape index (κ1) is 28.7. The number of nitrogens with zero attached hydrogens (tertiary/aromatic N) is 4. The minimum absolute atomic E-state index is 0.147. The highest BCUT2D eigenvalue weighted by Gasteiger charge is 2.15. The molecular weight excluding hydrogens is 500 g/mol. The highest BCUT2D eigenvalue weighted by atomic mass is 16.6. The number of benzene rings is 2. The predicted octanol–water partition coefficient (Wildman–Crippen LogP) is 2.51. The van der Waals surface area contributed by atoms with Gasteiger partial charge in [-0.2, -0.15) is 4.98 Å². The molecule has 0 atom stereocenters. The number of anilines is 4. The molecule has 0 unspecified atom stereocenters. The van der Waals surface area contributed by atoms with Crippen molar-refractivity contribution in [2.24, 2.45) is 0 Å². The summed E-state index contributed by atoms with van der Waals surface area (Å²) in [4.78, 5) is 16.2. The van der Waals surface area contributed by atoms with Gasteiger partial charge in [0.25, 0.3) is 0 Å². The Balaban J connectivity index is 0.000000239. The van der Waals surface area contributed by atoms with Gasteiger partial charge < -0.3 is 41.9 Å². The summed E-state index contributed by atoms with van der Waals surface area (Å²) in [6, 6.07) is 11.0. The van der Waals surface area contributed by atoms with Crippen LogP contribution in [0.4, 0.5) is 23.1 Å². The zero-order valence-electron chi connectivity index (χ0n) is 22.3. The minimum Gasteiger partial charge on any atom is -0.493 e. The average molecular weight is 535 g/mol. The number of methoxy groups -OCH3 is 3. The summed E-state index contributed by atoms with van der Waals surface area (Å²) < 4.78 is 21.5. The molecule has 0 saturated heterocycles. The standard InChI is InChI=1S/C16H22N4O4.C11H12N4/c1-21-4-5-24-14-12(22-2)7-10(8-13(14)23-3)6-11-9-19-16(18)20-15(11)17;12-9-3-2-8(10(13)7-9)6-11-14-4-1-5-15-11/h7-9H,4-6H2,1-3H3,(H4,17,18,19,20);1-5,7H,6,12-13H2. The zero-order valence-corrected chi connectivity index (χ0v) is 22.3.